The fraction of sp³-hybridized carbons (Fsp3) is 0.625. The van der Waals surface area contributed by atoms with Crippen LogP contribution in [0.25, 0.3) is 0 Å². The van der Waals surface area contributed by atoms with Gasteiger partial charge in [-0.25, -0.2) is 0 Å². The Morgan fingerprint density at radius 2 is 2.20 bits per heavy atom. The molecule has 112 valence electrons. The number of methoxy groups -OCH3 is 1. The molecule has 1 aliphatic heterocycles. The second-order valence-corrected chi connectivity index (χ2v) is 6.27. The van der Waals surface area contributed by atoms with Crippen molar-refractivity contribution < 1.29 is 14.6 Å². The largest absolute Gasteiger partial charge is 0.508 e. The molecule has 0 radical (unpaired) electrons. The molecule has 4 nitrogen and oxygen atoms in total. The zero-order valence-electron chi connectivity index (χ0n) is 13.0. The second kappa shape index (κ2) is 5.62. The highest BCUT2D eigenvalue weighted by atomic mass is 16.5. The summed E-state index contributed by atoms with van der Waals surface area (Å²) >= 11 is 0. The number of aromatic hydroxyl groups is 1. The molecule has 20 heavy (non-hydrogen) atoms. The van der Waals surface area contributed by atoms with E-state index in [0.29, 0.717) is 12.6 Å². The van der Waals surface area contributed by atoms with Gasteiger partial charge in [-0.2, -0.15) is 0 Å². The monoisotopic (exact) mass is 279 g/mol. The molecule has 0 spiro atoms. The molecule has 0 fully saturated rings. The summed E-state index contributed by atoms with van der Waals surface area (Å²) in [5.41, 5.74) is 0.888. The molecule has 2 unspecified atom stereocenters. The number of hydrogen-bond donors (Lipinski definition) is 1. The minimum absolute atomic E-state index is 0.243. The Hall–Kier alpha value is -1.26. The highest BCUT2D eigenvalue weighted by Crippen LogP contribution is 2.43. The van der Waals surface area contributed by atoms with Crippen LogP contribution in [0.3, 0.4) is 0 Å². The van der Waals surface area contributed by atoms with E-state index in [1.54, 1.807) is 19.2 Å². The van der Waals surface area contributed by atoms with E-state index in [2.05, 4.69) is 32.7 Å². The summed E-state index contributed by atoms with van der Waals surface area (Å²) in [4.78, 5) is 2.32. The van der Waals surface area contributed by atoms with Crippen molar-refractivity contribution in [3.63, 3.8) is 0 Å². The topological polar surface area (TPSA) is 41.9 Å². The normalized spacial score (nSPS) is 22.2. The molecule has 1 heterocycles. The third-order valence-electron chi connectivity index (χ3n) is 4.02. The Kier molecular flexibility index (Phi) is 4.25. The molecule has 0 saturated heterocycles. The standard InChI is InChI=1S/C16H25NO3/c1-11(10-19-5)17(4)14-9-16(2,3)20-15-8-12(18)6-7-13(14)15/h6-8,11,14,18H,9-10H2,1-5H3. The highest BCUT2D eigenvalue weighted by molar-refractivity contribution is 5.44. The summed E-state index contributed by atoms with van der Waals surface area (Å²) in [7, 11) is 3.84. The number of hydrogen-bond acceptors (Lipinski definition) is 4. The van der Waals surface area contributed by atoms with Crippen molar-refractivity contribution in [2.75, 3.05) is 20.8 Å². The lowest BCUT2D eigenvalue weighted by atomic mass is 9.88. The predicted molar refractivity (Wildman–Crippen MR) is 79.3 cm³/mol. The van der Waals surface area contributed by atoms with Crippen LogP contribution in [0.2, 0.25) is 0 Å². The van der Waals surface area contributed by atoms with E-state index < -0.39 is 0 Å². The van der Waals surface area contributed by atoms with Crippen LogP contribution in [0.4, 0.5) is 0 Å². The van der Waals surface area contributed by atoms with Gasteiger partial charge in [0.25, 0.3) is 0 Å². The molecule has 0 aliphatic carbocycles. The van der Waals surface area contributed by atoms with Gasteiger partial charge in [0, 0.05) is 37.2 Å². The molecule has 2 rings (SSSR count). The van der Waals surface area contributed by atoms with Crippen LogP contribution >= 0.6 is 0 Å². The van der Waals surface area contributed by atoms with Crippen molar-refractivity contribution in [3.05, 3.63) is 23.8 Å². The van der Waals surface area contributed by atoms with Crippen LogP contribution in [0.15, 0.2) is 18.2 Å². The molecule has 0 aromatic heterocycles. The van der Waals surface area contributed by atoms with Gasteiger partial charge in [-0.15, -0.1) is 0 Å². The summed E-state index contributed by atoms with van der Waals surface area (Å²) < 4.78 is 11.3. The van der Waals surface area contributed by atoms with Crippen molar-refractivity contribution in [1.29, 1.82) is 0 Å². The van der Waals surface area contributed by atoms with Gasteiger partial charge in [0.2, 0.25) is 0 Å². The lowest BCUT2D eigenvalue weighted by Crippen LogP contribution is -2.44. The fourth-order valence-corrected chi connectivity index (χ4v) is 2.83. The Labute approximate surface area is 121 Å². The predicted octanol–water partition coefficient (Wildman–Crippen LogP) is 2.96. The quantitative estimate of drug-likeness (QED) is 0.920. The molecule has 1 aromatic rings. The van der Waals surface area contributed by atoms with Crippen LogP contribution in [0, 0.1) is 0 Å². The first-order valence-corrected chi connectivity index (χ1v) is 7.07. The van der Waals surface area contributed by atoms with Gasteiger partial charge < -0.3 is 14.6 Å². The summed E-state index contributed by atoms with van der Waals surface area (Å²) in [6.07, 6.45) is 0.912. The maximum Gasteiger partial charge on any atom is 0.128 e. The van der Waals surface area contributed by atoms with Gasteiger partial charge in [0.1, 0.15) is 17.1 Å². The van der Waals surface area contributed by atoms with Crippen molar-refractivity contribution >= 4 is 0 Å². The maximum absolute atomic E-state index is 9.66. The lowest BCUT2D eigenvalue weighted by molar-refractivity contribution is 0.0132. The van der Waals surface area contributed by atoms with Crippen molar-refractivity contribution in [3.8, 4) is 11.5 Å². The van der Waals surface area contributed by atoms with Gasteiger partial charge in [0.05, 0.1) is 6.61 Å². The van der Waals surface area contributed by atoms with E-state index in [1.165, 1.54) is 0 Å². The Bertz CT molecular complexity index is 473. The molecule has 0 bridgehead atoms. The number of rotatable bonds is 4. The minimum Gasteiger partial charge on any atom is -0.508 e. The molecule has 1 aromatic carbocycles. The van der Waals surface area contributed by atoms with Gasteiger partial charge in [-0.3, -0.25) is 4.90 Å². The smallest absolute Gasteiger partial charge is 0.128 e. The van der Waals surface area contributed by atoms with Crippen molar-refractivity contribution in [1.82, 2.24) is 4.90 Å². The lowest BCUT2D eigenvalue weighted by Gasteiger charge is -2.43. The molecule has 1 N–H and O–H groups in total. The molecule has 1 aliphatic rings. The van der Waals surface area contributed by atoms with E-state index in [-0.39, 0.29) is 17.4 Å². The Morgan fingerprint density at radius 3 is 2.85 bits per heavy atom. The molecule has 0 amide bonds. The van der Waals surface area contributed by atoms with E-state index >= 15 is 0 Å². The zero-order chi connectivity index (χ0) is 14.9. The fourth-order valence-electron chi connectivity index (χ4n) is 2.83. The number of likely N-dealkylation sites (N-methyl/N-ethyl adjacent to an activating group) is 1. The summed E-state index contributed by atoms with van der Waals surface area (Å²) in [6.45, 7) is 7.03. The maximum atomic E-state index is 9.66. The number of phenols is 1. The highest BCUT2D eigenvalue weighted by Gasteiger charge is 2.37. The van der Waals surface area contributed by atoms with Crippen LogP contribution in [0.5, 0.6) is 11.5 Å². The van der Waals surface area contributed by atoms with E-state index in [4.69, 9.17) is 9.47 Å². The van der Waals surface area contributed by atoms with E-state index in [0.717, 1.165) is 17.7 Å². The van der Waals surface area contributed by atoms with Crippen LogP contribution in [-0.2, 0) is 4.74 Å². The first-order valence-electron chi connectivity index (χ1n) is 7.07. The molecule has 2 atom stereocenters. The first-order chi connectivity index (χ1) is 9.34. The molecule has 0 saturated carbocycles. The van der Waals surface area contributed by atoms with E-state index in [9.17, 15) is 5.11 Å². The second-order valence-electron chi connectivity index (χ2n) is 6.27. The summed E-state index contributed by atoms with van der Waals surface area (Å²) in [5, 5.41) is 9.66. The first kappa shape index (κ1) is 15.1. The Balaban J connectivity index is 2.34. The van der Waals surface area contributed by atoms with Crippen LogP contribution in [0.1, 0.15) is 38.8 Å². The summed E-state index contributed by atoms with van der Waals surface area (Å²) in [6, 6.07) is 5.97. The van der Waals surface area contributed by atoms with Crippen molar-refractivity contribution in [2.24, 2.45) is 0 Å². The number of ether oxygens (including phenoxy) is 2. The van der Waals surface area contributed by atoms with Crippen LogP contribution < -0.4 is 4.74 Å². The van der Waals surface area contributed by atoms with Crippen LogP contribution in [-0.4, -0.2) is 42.4 Å². The summed E-state index contributed by atoms with van der Waals surface area (Å²) in [5.74, 6) is 1.02. The van der Waals surface area contributed by atoms with Gasteiger partial charge in [-0.05, 0) is 33.9 Å². The van der Waals surface area contributed by atoms with Gasteiger partial charge in [0.15, 0.2) is 0 Å². The Morgan fingerprint density at radius 1 is 1.50 bits per heavy atom. The minimum atomic E-state index is -0.244. The molecular weight excluding hydrogens is 254 g/mol. The third kappa shape index (κ3) is 3.07. The number of fused-ring (bicyclic) bond motifs is 1. The third-order valence-corrected chi connectivity index (χ3v) is 4.02. The number of phenolic OH excluding ortho intramolecular Hbond substituents is 1. The van der Waals surface area contributed by atoms with Gasteiger partial charge in [-0.1, -0.05) is 6.07 Å². The SMILES string of the molecule is COCC(C)N(C)C1CC(C)(C)Oc2cc(O)ccc21. The van der Waals surface area contributed by atoms with Crippen molar-refractivity contribution in [2.45, 2.75) is 44.9 Å². The van der Waals surface area contributed by atoms with Gasteiger partial charge >= 0.3 is 0 Å². The number of nitrogens with zero attached hydrogens (tertiary/aromatic N) is 1. The average molecular weight is 279 g/mol. The molecular formula is C16H25NO3. The zero-order valence-corrected chi connectivity index (χ0v) is 13.0. The van der Waals surface area contributed by atoms with E-state index in [1.807, 2.05) is 6.07 Å². The number of benzene rings is 1. The average Bonchev–Trinajstić information content (AvgIpc) is 2.35. The molecule has 4 heteroatoms.